The predicted molar refractivity (Wildman–Crippen MR) is 110 cm³/mol. The number of likely N-dealkylation sites (N-methyl/N-ethyl adjacent to an activating group) is 1. The molecule has 0 fully saturated rings. The minimum Gasteiger partial charge on any atom is -0.338 e. The number of aryl methyl sites for hydroxylation is 2. The van der Waals surface area contributed by atoms with Gasteiger partial charge in [0.15, 0.2) is 5.13 Å². The van der Waals surface area contributed by atoms with Crippen molar-refractivity contribution in [1.29, 1.82) is 0 Å². The zero-order chi connectivity index (χ0) is 18.7. The lowest BCUT2D eigenvalue weighted by Crippen LogP contribution is -3.06. The van der Waals surface area contributed by atoms with Crippen LogP contribution < -0.4 is 9.80 Å². The lowest BCUT2D eigenvalue weighted by Gasteiger charge is -2.21. The van der Waals surface area contributed by atoms with Gasteiger partial charge in [0.2, 0.25) is 0 Å². The van der Waals surface area contributed by atoms with Crippen LogP contribution in [0, 0.1) is 6.92 Å². The van der Waals surface area contributed by atoms with Gasteiger partial charge in [-0.1, -0.05) is 42.5 Å². The van der Waals surface area contributed by atoms with Gasteiger partial charge in [-0.15, -0.1) is 0 Å². The Labute approximate surface area is 159 Å². The van der Waals surface area contributed by atoms with Crippen LogP contribution in [-0.4, -0.2) is 38.1 Å². The zero-order valence-corrected chi connectivity index (χ0v) is 16.7. The third-order valence-corrected chi connectivity index (χ3v) is 5.58. The van der Waals surface area contributed by atoms with E-state index in [2.05, 4.69) is 39.2 Å². The highest BCUT2D eigenvalue weighted by Crippen LogP contribution is 2.30. The molecule has 0 spiro atoms. The molecule has 1 N–H and O–H groups in total. The van der Waals surface area contributed by atoms with E-state index < -0.39 is 0 Å². The normalized spacial score (nSPS) is 11.3. The smallest absolute Gasteiger partial charge is 0.260 e. The van der Waals surface area contributed by atoms with Crippen molar-refractivity contribution in [3.05, 3.63) is 59.2 Å². The molecule has 0 radical (unpaired) electrons. The first-order valence-corrected chi connectivity index (χ1v) is 9.87. The molecule has 136 valence electrons. The number of aromatic nitrogens is 1. The highest BCUT2D eigenvalue weighted by Gasteiger charge is 2.23. The number of thiazole rings is 1. The maximum absolute atomic E-state index is 13.3. The molecular weight excluding hydrogens is 342 g/mol. The average molecular weight is 369 g/mol. The van der Waals surface area contributed by atoms with E-state index in [4.69, 9.17) is 4.98 Å². The van der Waals surface area contributed by atoms with Gasteiger partial charge in [-0.25, -0.2) is 4.98 Å². The van der Waals surface area contributed by atoms with Crippen LogP contribution in [-0.2, 0) is 6.42 Å². The molecule has 1 amide bonds. The molecule has 0 aliphatic rings. The number of quaternary nitrogens is 1. The van der Waals surface area contributed by atoms with Gasteiger partial charge in [-0.05, 0) is 42.7 Å². The molecule has 2 aromatic carbocycles. The Kier molecular flexibility index (Phi) is 5.69. The summed E-state index contributed by atoms with van der Waals surface area (Å²) in [4.78, 5) is 21.2. The summed E-state index contributed by atoms with van der Waals surface area (Å²) >= 11 is 1.60. The van der Waals surface area contributed by atoms with Crippen molar-refractivity contribution >= 4 is 32.6 Å². The molecule has 26 heavy (non-hydrogen) atoms. The largest absolute Gasteiger partial charge is 0.338 e. The van der Waals surface area contributed by atoms with E-state index in [0.29, 0.717) is 6.54 Å². The lowest BCUT2D eigenvalue weighted by atomic mass is 10.1. The maximum atomic E-state index is 13.3. The van der Waals surface area contributed by atoms with E-state index >= 15 is 0 Å². The van der Waals surface area contributed by atoms with Gasteiger partial charge in [0.1, 0.15) is 0 Å². The Morgan fingerprint density at radius 2 is 1.96 bits per heavy atom. The van der Waals surface area contributed by atoms with Gasteiger partial charge >= 0.3 is 0 Å². The number of carbonyl (C=O) groups excluding carboxylic acids is 1. The molecule has 0 saturated heterocycles. The summed E-state index contributed by atoms with van der Waals surface area (Å²) in [5.74, 6) is 0.0270. The molecule has 0 bridgehead atoms. The van der Waals surface area contributed by atoms with E-state index in [9.17, 15) is 4.79 Å². The first-order valence-electron chi connectivity index (χ1n) is 9.05. The fraction of sp³-hybridized carbons (Fsp3) is 0.333. The topological polar surface area (TPSA) is 37.6 Å². The van der Waals surface area contributed by atoms with Gasteiger partial charge in [-0.2, -0.15) is 0 Å². The van der Waals surface area contributed by atoms with E-state index in [1.54, 1.807) is 11.3 Å². The summed E-state index contributed by atoms with van der Waals surface area (Å²) in [6, 6.07) is 14.1. The highest BCUT2D eigenvalue weighted by atomic mass is 32.1. The van der Waals surface area contributed by atoms with Crippen LogP contribution in [0.1, 0.15) is 28.4 Å². The van der Waals surface area contributed by atoms with Gasteiger partial charge in [0.25, 0.3) is 5.91 Å². The standard InChI is InChI=1S/C21H25N3OS/c1-5-16-10-11-18-19(14-16)26-21(22-18)24(13-12-23(3)4)20(25)17-9-7-6-8-15(17)2/h6-11,14H,5,12-13H2,1-4H3/p+1. The number of hydrogen-bond acceptors (Lipinski definition) is 3. The van der Waals surface area contributed by atoms with Crippen molar-refractivity contribution in [2.45, 2.75) is 20.3 Å². The summed E-state index contributed by atoms with van der Waals surface area (Å²) < 4.78 is 1.14. The summed E-state index contributed by atoms with van der Waals surface area (Å²) in [5.41, 5.74) is 3.99. The van der Waals surface area contributed by atoms with Crippen LogP contribution in [0.3, 0.4) is 0 Å². The fourth-order valence-electron chi connectivity index (χ4n) is 2.87. The first kappa shape index (κ1) is 18.5. The molecule has 1 heterocycles. The molecule has 1 aromatic heterocycles. The number of carbonyl (C=O) groups is 1. The van der Waals surface area contributed by atoms with E-state index in [1.165, 1.54) is 10.5 Å². The van der Waals surface area contributed by atoms with Crippen LogP contribution >= 0.6 is 11.3 Å². The minimum absolute atomic E-state index is 0.0270. The molecule has 0 aliphatic carbocycles. The number of amides is 1. The highest BCUT2D eigenvalue weighted by molar-refractivity contribution is 7.22. The Bertz CT molecular complexity index is 917. The first-order chi connectivity index (χ1) is 12.5. The molecule has 4 nitrogen and oxygen atoms in total. The molecule has 0 saturated carbocycles. The van der Waals surface area contributed by atoms with E-state index in [-0.39, 0.29) is 5.91 Å². The maximum Gasteiger partial charge on any atom is 0.260 e. The van der Waals surface area contributed by atoms with Crippen molar-refractivity contribution in [3.8, 4) is 0 Å². The molecule has 0 atom stereocenters. The third-order valence-electron chi connectivity index (χ3n) is 4.54. The van der Waals surface area contributed by atoms with E-state index in [0.717, 1.165) is 39.4 Å². The number of nitrogens with one attached hydrogen (secondary N) is 1. The predicted octanol–water partition coefficient (Wildman–Crippen LogP) is 2.96. The molecule has 0 aliphatic heterocycles. The second-order valence-corrected chi connectivity index (χ2v) is 7.89. The minimum atomic E-state index is 0.0270. The molecular formula is C21H26N3OS+. The SMILES string of the molecule is CCc1ccc2nc(N(CC[NH+](C)C)C(=O)c3ccccc3C)sc2c1. The zero-order valence-electron chi connectivity index (χ0n) is 15.9. The number of nitrogens with zero attached hydrogens (tertiary/aromatic N) is 2. The molecule has 3 aromatic rings. The third kappa shape index (κ3) is 3.94. The number of hydrogen-bond donors (Lipinski definition) is 1. The number of anilines is 1. The van der Waals surface area contributed by atoms with Crippen molar-refractivity contribution in [2.24, 2.45) is 0 Å². The van der Waals surface area contributed by atoms with Gasteiger partial charge < -0.3 is 4.90 Å². The van der Waals surface area contributed by atoms with Gasteiger partial charge in [-0.3, -0.25) is 9.69 Å². The Hall–Kier alpha value is -2.24. The quantitative estimate of drug-likeness (QED) is 0.726. The Morgan fingerprint density at radius 3 is 2.65 bits per heavy atom. The monoisotopic (exact) mass is 368 g/mol. The van der Waals surface area contributed by atoms with Crippen molar-refractivity contribution in [1.82, 2.24) is 4.98 Å². The van der Waals surface area contributed by atoms with Gasteiger partial charge in [0, 0.05) is 5.56 Å². The average Bonchev–Trinajstić information content (AvgIpc) is 3.04. The van der Waals surface area contributed by atoms with Crippen LogP contribution in [0.2, 0.25) is 0 Å². The number of benzene rings is 2. The van der Waals surface area contributed by atoms with Crippen molar-refractivity contribution < 1.29 is 9.69 Å². The van der Waals surface area contributed by atoms with E-state index in [1.807, 2.05) is 36.1 Å². The molecule has 0 unspecified atom stereocenters. The van der Waals surface area contributed by atoms with Crippen LogP contribution in [0.4, 0.5) is 5.13 Å². The lowest BCUT2D eigenvalue weighted by molar-refractivity contribution is -0.856. The summed E-state index contributed by atoms with van der Waals surface area (Å²) in [6.45, 7) is 5.65. The second kappa shape index (κ2) is 7.98. The van der Waals surface area contributed by atoms with Crippen LogP contribution in [0.25, 0.3) is 10.2 Å². The number of rotatable bonds is 6. The Morgan fingerprint density at radius 1 is 1.19 bits per heavy atom. The molecule has 5 heteroatoms. The number of fused-ring (bicyclic) bond motifs is 1. The fourth-order valence-corrected chi connectivity index (χ4v) is 3.92. The van der Waals surface area contributed by atoms with Crippen LogP contribution in [0.5, 0.6) is 0 Å². The van der Waals surface area contributed by atoms with Crippen molar-refractivity contribution in [3.63, 3.8) is 0 Å². The van der Waals surface area contributed by atoms with Crippen LogP contribution in [0.15, 0.2) is 42.5 Å². The Balaban J connectivity index is 2.00. The van der Waals surface area contributed by atoms with Crippen molar-refractivity contribution in [2.75, 3.05) is 32.1 Å². The second-order valence-electron chi connectivity index (χ2n) is 6.88. The van der Waals surface area contributed by atoms with Gasteiger partial charge in [0.05, 0.1) is 37.4 Å². The summed E-state index contributed by atoms with van der Waals surface area (Å²) in [5, 5.41) is 0.780. The summed E-state index contributed by atoms with van der Waals surface area (Å²) in [7, 11) is 4.20. The molecule has 3 rings (SSSR count). The summed E-state index contributed by atoms with van der Waals surface area (Å²) in [6.07, 6.45) is 0.999.